The van der Waals surface area contributed by atoms with Crippen molar-refractivity contribution in [2.24, 2.45) is 0 Å². The summed E-state index contributed by atoms with van der Waals surface area (Å²) in [5.41, 5.74) is 1.73. The molecular weight excluding hydrogens is 263 g/mol. The number of nitrogens with zero attached hydrogens (tertiary/aromatic N) is 1. The molecule has 0 aliphatic carbocycles. The van der Waals surface area contributed by atoms with Crippen molar-refractivity contribution >= 4 is 5.69 Å². The number of hydrogen-bond donors (Lipinski definition) is 1. The van der Waals surface area contributed by atoms with Gasteiger partial charge in [-0.05, 0) is 38.0 Å². The van der Waals surface area contributed by atoms with Gasteiger partial charge < -0.3 is 10.2 Å². The van der Waals surface area contributed by atoms with Gasteiger partial charge in [0.2, 0.25) is 0 Å². The van der Waals surface area contributed by atoms with Gasteiger partial charge in [-0.25, -0.2) is 4.39 Å². The molecule has 1 aromatic rings. The van der Waals surface area contributed by atoms with Gasteiger partial charge in [-0.1, -0.05) is 39.7 Å². The van der Waals surface area contributed by atoms with E-state index in [4.69, 9.17) is 0 Å². The van der Waals surface area contributed by atoms with Gasteiger partial charge >= 0.3 is 0 Å². The molecule has 0 saturated heterocycles. The zero-order valence-corrected chi connectivity index (χ0v) is 14.2. The van der Waals surface area contributed by atoms with E-state index in [2.05, 4.69) is 44.8 Å². The fraction of sp³-hybridized carbons (Fsp3) is 0.667. The zero-order chi connectivity index (χ0) is 15.8. The summed E-state index contributed by atoms with van der Waals surface area (Å²) in [5.74, 6) is -0.108. The molecule has 0 radical (unpaired) electrons. The van der Waals surface area contributed by atoms with Crippen molar-refractivity contribution in [2.75, 3.05) is 11.4 Å². The van der Waals surface area contributed by atoms with Gasteiger partial charge in [0.1, 0.15) is 5.82 Å². The quantitative estimate of drug-likeness (QED) is 0.662. The van der Waals surface area contributed by atoms with Gasteiger partial charge in [0.15, 0.2) is 0 Å². The summed E-state index contributed by atoms with van der Waals surface area (Å²) in [4.78, 5) is 2.17. The number of hydrogen-bond acceptors (Lipinski definition) is 2. The summed E-state index contributed by atoms with van der Waals surface area (Å²) in [6.07, 6.45) is 3.50. The average molecular weight is 294 g/mol. The lowest BCUT2D eigenvalue weighted by atomic mass is 10.1. The van der Waals surface area contributed by atoms with Crippen LogP contribution in [0.15, 0.2) is 18.2 Å². The first-order chi connectivity index (χ1) is 9.95. The molecule has 1 rings (SSSR count). The number of unbranched alkanes of at least 4 members (excludes halogenated alkanes) is 2. The summed E-state index contributed by atoms with van der Waals surface area (Å²) in [6, 6.07) is 6.35. The molecule has 2 nitrogen and oxygen atoms in total. The Labute approximate surface area is 129 Å². The molecule has 0 heterocycles. The molecule has 0 aliphatic rings. The van der Waals surface area contributed by atoms with E-state index in [1.54, 1.807) is 6.07 Å². The number of benzene rings is 1. The summed E-state index contributed by atoms with van der Waals surface area (Å²) >= 11 is 0. The highest BCUT2D eigenvalue weighted by molar-refractivity contribution is 5.50. The normalized spacial score (nSPS) is 11.4. The summed E-state index contributed by atoms with van der Waals surface area (Å²) in [6.45, 7) is 12.3. The van der Waals surface area contributed by atoms with Gasteiger partial charge in [-0.15, -0.1) is 0 Å². The molecule has 1 N–H and O–H groups in total. The fourth-order valence-electron chi connectivity index (χ4n) is 2.40. The maximum atomic E-state index is 14.4. The molecule has 3 heteroatoms. The molecule has 0 unspecified atom stereocenters. The molecule has 21 heavy (non-hydrogen) atoms. The predicted molar refractivity (Wildman–Crippen MR) is 90.4 cm³/mol. The van der Waals surface area contributed by atoms with Crippen LogP contribution in [0.4, 0.5) is 10.1 Å². The molecule has 0 amide bonds. The lowest BCUT2D eigenvalue weighted by Gasteiger charge is -2.29. The van der Waals surface area contributed by atoms with E-state index in [0.717, 1.165) is 24.2 Å². The number of anilines is 1. The van der Waals surface area contributed by atoms with Gasteiger partial charge in [0, 0.05) is 25.2 Å². The van der Waals surface area contributed by atoms with Crippen LogP contribution in [0.5, 0.6) is 0 Å². The topological polar surface area (TPSA) is 15.3 Å². The Morgan fingerprint density at radius 2 is 1.86 bits per heavy atom. The first-order valence-corrected chi connectivity index (χ1v) is 8.24. The van der Waals surface area contributed by atoms with E-state index in [-0.39, 0.29) is 5.82 Å². The Kier molecular flexibility index (Phi) is 7.73. The first-order valence-electron chi connectivity index (χ1n) is 8.24. The van der Waals surface area contributed by atoms with Crippen LogP contribution in [0.2, 0.25) is 0 Å². The smallest absolute Gasteiger partial charge is 0.146 e. The highest BCUT2D eigenvalue weighted by Crippen LogP contribution is 2.23. The van der Waals surface area contributed by atoms with Crippen molar-refractivity contribution in [1.29, 1.82) is 0 Å². The van der Waals surface area contributed by atoms with E-state index in [1.165, 1.54) is 12.8 Å². The van der Waals surface area contributed by atoms with E-state index < -0.39 is 0 Å². The van der Waals surface area contributed by atoms with Crippen molar-refractivity contribution in [1.82, 2.24) is 5.32 Å². The molecule has 0 aromatic heterocycles. The summed E-state index contributed by atoms with van der Waals surface area (Å²) in [7, 11) is 0. The highest BCUT2D eigenvalue weighted by Gasteiger charge is 2.14. The van der Waals surface area contributed by atoms with Crippen LogP contribution in [0.3, 0.4) is 0 Å². The Morgan fingerprint density at radius 3 is 2.38 bits per heavy atom. The molecule has 0 spiro atoms. The maximum absolute atomic E-state index is 14.4. The minimum absolute atomic E-state index is 0.108. The van der Waals surface area contributed by atoms with E-state index in [9.17, 15) is 4.39 Å². The monoisotopic (exact) mass is 294 g/mol. The second-order valence-electron chi connectivity index (χ2n) is 6.32. The van der Waals surface area contributed by atoms with Crippen LogP contribution in [0.1, 0.15) is 59.4 Å². The van der Waals surface area contributed by atoms with Crippen LogP contribution < -0.4 is 10.2 Å². The van der Waals surface area contributed by atoms with Crippen molar-refractivity contribution in [3.05, 3.63) is 29.6 Å². The standard InChI is InChI=1S/C18H31FN2/c1-6-7-8-11-21(15(4)5)18-10-9-16(12-17(18)19)13-20-14(2)3/h9-10,12,14-15,20H,6-8,11,13H2,1-5H3. The minimum atomic E-state index is -0.108. The molecule has 0 aliphatic heterocycles. The molecule has 0 fully saturated rings. The second-order valence-corrected chi connectivity index (χ2v) is 6.32. The fourth-order valence-corrected chi connectivity index (χ4v) is 2.40. The van der Waals surface area contributed by atoms with Crippen LogP contribution in [0.25, 0.3) is 0 Å². The molecule has 0 atom stereocenters. The van der Waals surface area contributed by atoms with Crippen LogP contribution in [0, 0.1) is 5.82 Å². The van der Waals surface area contributed by atoms with E-state index in [1.807, 2.05) is 12.1 Å². The Morgan fingerprint density at radius 1 is 1.14 bits per heavy atom. The lowest BCUT2D eigenvalue weighted by Crippen LogP contribution is -2.32. The molecule has 1 aromatic carbocycles. The van der Waals surface area contributed by atoms with Crippen molar-refractivity contribution in [3.8, 4) is 0 Å². The lowest BCUT2D eigenvalue weighted by molar-refractivity contribution is 0.571. The van der Waals surface area contributed by atoms with Gasteiger partial charge in [0.25, 0.3) is 0 Å². The highest BCUT2D eigenvalue weighted by atomic mass is 19.1. The maximum Gasteiger partial charge on any atom is 0.146 e. The van der Waals surface area contributed by atoms with Gasteiger partial charge in [-0.2, -0.15) is 0 Å². The number of rotatable bonds is 9. The molecule has 0 bridgehead atoms. The Balaban J connectivity index is 2.79. The molecular formula is C18H31FN2. The zero-order valence-electron chi connectivity index (χ0n) is 14.2. The number of halogens is 1. The van der Waals surface area contributed by atoms with E-state index >= 15 is 0 Å². The third-order valence-corrected chi connectivity index (χ3v) is 3.66. The third-order valence-electron chi connectivity index (χ3n) is 3.66. The van der Waals surface area contributed by atoms with Crippen LogP contribution in [-0.2, 0) is 6.54 Å². The average Bonchev–Trinajstić information content (AvgIpc) is 2.42. The molecule has 0 saturated carbocycles. The minimum Gasteiger partial charge on any atom is -0.367 e. The Hall–Kier alpha value is -1.09. The van der Waals surface area contributed by atoms with Crippen molar-refractivity contribution in [2.45, 2.75) is 72.5 Å². The predicted octanol–water partition coefficient (Wildman–Crippen LogP) is 4.73. The van der Waals surface area contributed by atoms with Crippen molar-refractivity contribution < 1.29 is 4.39 Å². The summed E-state index contributed by atoms with van der Waals surface area (Å²) in [5, 5.41) is 3.32. The number of nitrogens with one attached hydrogen (secondary N) is 1. The van der Waals surface area contributed by atoms with Crippen molar-refractivity contribution in [3.63, 3.8) is 0 Å². The van der Waals surface area contributed by atoms with Crippen LogP contribution >= 0.6 is 0 Å². The third kappa shape index (κ3) is 6.04. The SMILES string of the molecule is CCCCCN(c1ccc(CNC(C)C)cc1F)C(C)C. The second kappa shape index (κ2) is 9.04. The van der Waals surface area contributed by atoms with Crippen LogP contribution in [-0.4, -0.2) is 18.6 Å². The van der Waals surface area contributed by atoms with E-state index in [0.29, 0.717) is 18.6 Å². The Bertz CT molecular complexity index is 416. The summed E-state index contributed by atoms with van der Waals surface area (Å²) < 4.78 is 14.4. The molecule has 120 valence electrons. The van der Waals surface area contributed by atoms with Gasteiger partial charge in [0.05, 0.1) is 5.69 Å². The largest absolute Gasteiger partial charge is 0.367 e. The van der Waals surface area contributed by atoms with Gasteiger partial charge in [-0.3, -0.25) is 0 Å². The first kappa shape index (κ1) is 18.0.